The van der Waals surface area contributed by atoms with Gasteiger partial charge in [-0.25, -0.2) is 8.78 Å². The Kier molecular flexibility index (Phi) is 7.27. The summed E-state index contributed by atoms with van der Waals surface area (Å²) in [4.78, 5) is 32.0. The molecule has 0 radical (unpaired) electrons. The van der Waals surface area contributed by atoms with Crippen LogP contribution in [0.2, 0.25) is 0 Å². The van der Waals surface area contributed by atoms with Crippen LogP contribution < -0.4 is 5.32 Å². The van der Waals surface area contributed by atoms with Gasteiger partial charge in [0.2, 0.25) is 11.8 Å². The number of thiophene rings is 1. The number of pyridine rings is 1. The summed E-state index contributed by atoms with van der Waals surface area (Å²) in [5.41, 5.74) is 3.81. The van der Waals surface area contributed by atoms with Crippen molar-refractivity contribution in [2.45, 2.75) is 26.4 Å². The van der Waals surface area contributed by atoms with Crippen molar-refractivity contribution in [1.29, 1.82) is 0 Å². The molecule has 0 fully saturated rings. The number of halogens is 2. The highest BCUT2D eigenvalue weighted by atomic mass is 32.1. The molecular formula is C26H23F2N3O2S. The number of aryl methyl sites for hydroxylation is 1. The van der Waals surface area contributed by atoms with Crippen LogP contribution in [-0.2, 0) is 29.1 Å². The van der Waals surface area contributed by atoms with Gasteiger partial charge in [-0.3, -0.25) is 14.6 Å². The summed E-state index contributed by atoms with van der Waals surface area (Å²) in [5, 5.41) is 4.87. The highest BCUT2D eigenvalue weighted by Crippen LogP contribution is 2.24. The number of rotatable bonds is 6. The smallest absolute Gasteiger partial charge is 0.246 e. The Hall–Kier alpha value is -3.65. The van der Waals surface area contributed by atoms with Crippen molar-refractivity contribution in [3.8, 4) is 0 Å². The Morgan fingerprint density at radius 3 is 2.85 bits per heavy atom. The lowest BCUT2D eigenvalue weighted by molar-refractivity contribution is -0.126. The second-order valence-corrected chi connectivity index (χ2v) is 8.88. The minimum absolute atomic E-state index is 0.0224. The summed E-state index contributed by atoms with van der Waals surface area (Å²) in [7, 11) is 0. The number of nitrogens with one attached hydrogen (secondary N) is 1. The fourth-order valence-electron chi connectivity index (χ4n) is 3.83. The molecule has 0 aliphatic carbocycles. The molecule has 1 aliphatic rings. The van der Waals surface area contributed by atoms with Gasteiger partial charge in [0.05, 0.1) is 0 Å². The average Bonchev–Trinajstić information content (AvgIpc) is 3.36. The number of fused-ring (bicyclic) bond motifs is 1. The van der Waals surface area contributed by atoms with Crippen molar-refractivity contribution in [1.82, 2.24) is 15.2 Å². The number of amides is 2. The number of nitrogens with zero attached hydrogens (tertiary/aromatic N) is 2. The topological polar surface area (TPSA) is 62.3 Å². The van der Waals surface area contributed by atoms with Gasteiger partial charge in [-0.15, -0.1) is 11.3 Å². The first-order valence-electron chi connectivity index (χ1n) is 10.8. The van der Waals surface area contributed by atoms with Crippen LogP contribution in [0.25, 0.3) is 12.2 Å². The summed E-state index contributed by atoms with van der Waals surface area (Å²) >= 11 is 1.56. The lowest BCUT2D eigenvalue weighted by Crippen LogP contribution is -2.36. The molecule has 0 atom stereocenters. The number of carbonyl (C=O) groups excluding carboxylic acids is 2. The van der Waals surface area contributed by atoms with E-state index in [4.69, 9.17) is 0 Å². The van der Waals surface area contributed by atoms with E-state index < -0.39 is 11.6 Å². The Morgan fingerprint density at radius 2 is 2.06 bits per heavy atom. The lowest BCUT2D eigenvalue weighted by atomic mass is 9.94. The van der Waals surface area contributed by atoms with Crippen LogP contribution in [0, 0.1) is 18.6 Å². The Morgan fingerprint density at radius 1 is 1.21 bits per heavy atom. The number of hydrogen-bond donors (Lipinski definition) is 1. The average molecular weight is 480 g/mol. The first-order chi connectivity index (χ1) is 16.4. The highest BCUT2D eigenvalue weighted by molar-refractivity contribution is 7.10. The van der Waals surface area contributed by atoms with Gasteiger partial charge in [-0.05, 0) is 71.8 Å². The molecule has 0 saturated heterocycles. The number of aromatic nitrogens is 1. The molecule has 0 saturated carbocycles. The molecule has 34 heavy (non-hydrogen) atoms. The molecule has 3 heterocycles. The third kappa shape index (κ3) is 5.63. The Labute approximate surface area is 200 Å². The fraction of sp³-hybridized carbons (Fsp3) is 0.192. The van der Waals surface area contributed by atoms with Crippen LogP contribution in [0.3, 0.4) is 0 Å². The van der Waals surface area contributed by atoms with Crippen molar-refractivity contribution < 1.29 is 18.4 Å². The zero-order chi connectivity index (χ0) is 24.1. The lowest BCUT2D eigenvalue weighted by Gasteiger charge is -2.29. The second kappa shape index (κ2) is 10.5. The third-order valence-electron chi connectivity index (χ3n) is 5.65. The van der Waals surface area contributed by atoms with Gasteiger partial charge in [-0.1, -0.05) is 6.07 Å². The summed E-state index contributed by atoms with van der Waals surface area (Å²) in [6.45, 7) is 3.08. The maximum Gasteiger partial charge on any atom is 0.246 e. The molecule has 2 aromatic heterocycles. The second-order valence-electron chi connectivity index (χ2n) is 7.90. The molecule has 0 bridgehead atoms. The molecule has 3 aromatic rings. The minimum Gasteiger partial charge on any atom is -0.348 e. The molecule has 5 nitrogen and oxygen atoms in total. The molecular weight excluding hydrogens is 456 g/mol. The predicted octanol–water partition coefficient (Wildman–Crippen LogP) is 4.66. The zero-order valence-corrected chi connectivity index (χ0v) is 19.4. The molecule has 174 valence electrons. The van der Waals surface area contributed by atoms with Crippen molar-refractivity contribution in [2.24, 2.45) is 0 Å². The first kappa shape index (κ1) is 23.5. The van der Waals surface area contributed by atoms with Gasteiger partial charge in [0.15, 0.2) is 0 Å². The van der Waals surface area contributed by atoms with Crippen LogP contribution in [0.15, 0.2) is 54.1 Å². The van der Waals surface area contributed by atoms with E-state index in [1.54, 1.807) is 28.5 Å². The fourth-order valence-corrected chi connectivity index (χ4v) is 4.45. The molecule has 4 rings (SSSR count). The number of carbonyl (C=O) groups is 2. The quantitative estimate of drug-likeness (QED) is 0.523. The van der Waals surface area contributed by atoms with E-state index in [-0.39, 0.29) is 17.4 Å². The maximum absolute atomic E-state index is 13.8. The van der Waals surface area contributed by atoms with Gasteiger partial charge in [0, 0.05) is 54.1 Å². The Bertz CT molecular complexity index is 1270. The SMILES string of the molecule is Cc1ncc2c(c1CNC(=O)/C=C/c1cccs1)CCN(C(=O)/C=C/c1cc(F)ccc1F)C2. The largest absolute Gasteiger partial charge is 0.348 e. The van der Waals surface area contributed by atoms with Crippen molar-refractivity contribution >= 4 is 35.3 Å². The van der Waals surface area contributed by atoms with Gasteiger partial charge in [0.25, 0.3) is 0 Å². The molecule has 1 N–H and O–H groups in total. The van der Waals surface area contributed by atoms with E-state index >= 15 is 0 Å². The van der Waals surface area contributed by atoms with E-state index in [9.17, 15) is 18.4 Å². The van der Waals surface area contributed by atoms with E-state index in [0.29, 0.717) is 26.1 Å². The predicted molar refractivity (Wildman–Crippen MR) is 129 cm³/mol. The monoisotopic (exact) mass is 479 g/mol. The van der Waals surface area contributed by atoms with Crippen molar-refractivity contribution in [2.75, 3.05) is 6.54 Å². The molecule has 1 aromatic carbocycles. The first-order valence-corrected chi connectivity index (χ1v) is 11.7. The van der Waals surface area contributed by atoms with Gasteiger partial charge >= 0.3 is 0 Å². The third-order valence-corrected chi connectivity index (χ3v) is 6.49. The summed E-state index contributed by atoms with van der Waals surface area (Å²) in [6, 6.07) is 6.98. The highest BCUT2D eigenvalue weighted by Gasteiger charge is 2.23. The van der Waals surface area contributed by atoms with Gasteiger partial charge in [0.1, 0.15) is 11.6 Å². The van der Waals surface area contributed by atoms with Crippen LogP contribution >= 0.6 is 11.3 Å². The molecule has 2 amide bonds. The summed E-state index contributed by atoms with van der Waals surface area (Å²) in [5.74, 6) is -1.63. The standard InChI is InChI=1S/C26H23F2N3O2S/c1-17-23(15-30-25(32)8-6-21-3-2-12-34-21)22-10-11-31(16-19(22)14-29-17)26(33)9-4-18-13-20(27)5-7-24(18)28/h2-9,12-14H,10-11,15-16H2,1H3,(H,30,32)/b8-6+,9-4+. The van der Waals surface area contributed by atoms with E-state index in [1.807, 2.05) is 24.4 Å². The van der Waals surface area contributed by atoms with Crippen LogP contribution in [-0.4, -0.2) is 28.2 Å². The molecule has 0 unspecified atom stereocenters. The van der Waals surface area contributed by atoms with Gasteiger partial charge < -0.3 is 10.2 Å². The maximum atomic E-state index is 13.8. The van der Waals surface area contributed by atoms with E-state index in [1.165, 1.54) is 18.2 Å². The zero-order valence-electron chi connectivity index (χ0n) is 18.6. The summed E-state index contributed by atoms with van der Waals surface area (Å²) < 4.78 is 27.2. The van der Waals surface area contributed by atoms with Crippen LogP contribution in [0.5, 0.6) is 0 Å². The van der Waals surface area contributed by atoms with E-state index in [2.05, 4.69) is 10.3 Å². The summed E-state index contributed by atoms with van der Waals surface area (Å²) in [6.07, 6.45) is 8.20. The van der Waals surface area contributed by atoms with Crippen molar-refractivity contribution in [3.63, 3.8) is 0 Å². The molecule has 1 aliphatic heterocycles. The minimum atomic E-state index is -0.592. The molecule has 0 spiro atoms. The van der Waals surface area contributed by atoms with Crippen molar-refractivity contribution in [3.05, 3.63) is 98.5 Å². The number of hydrogen-bond acceptors (Lipinski definition) is 4. The Balaban J connectivity index is 1.42. The normalized spacial score (nSPS) is 13.4. The molecule has 8 heteroatoms. The number of benzene rings is 1. The van der Waals surface area contributed by atoms with Crippen LogP contribution in [0.4, 0.5) is 8.78 Å². The van der Waals surface area contributed by atoms with E-state index in [0.717, 1.165) is 45.5 Å². The van der Waals surface area contributed by atoms with Crippen LogP contribution in [0.1, 0.15) is 32.8 Å². The van der Waals surface area contributed by atoms with Gasteiger partial charge in [-0.2, -0.15) is 0 Å².